The van der Waals surface area contributed by atoms with E-state index in [1.54, 1.807) is 12.4 Å². The zero-order chi connectivity index (χ0) is 31.5. The summed E-state index contributed by atoms with van der Waals surface area (Å²) in [6.07, 6.45) is -0.0546. The molecule has 3 aromatic rings. The lowest BCUT2D eigenvalue weighted by Crippen LogP contribution is -2.32. The predicted octanol–water partition coefficient (Wildman–Crippen LogP) is 5.53. The fraction of sp³-hybridized carbons (Fsp3) is 0.370. The zero-order valence-electron chi connectivity index (χ0n) is 22.2. The maximum atomic E-state index is 12.1. The summed E-state index contributed by atoms with van der Waals surface area (Å²) < 4.78 is 63.5. The third-order valence-corrected chi connectivity index (χ3v) is 6.04. The van der Waals surface area contributed by atoms with Crippen LogP contribution in [0.2, 0.25) is 0 Å². The molecule has 9 nitrogen and oxygen atoms in total. The molecule has 0 unspecified atom stereocenters. The number of aliphatic carboxylic acids is 2. The van der Waals surface area contributed by atoms with Crippen LogP contribution in [0.4, 0.5) is 26.3 Å². The molecule has 0 radical (unpaired) electrons. The molecule has 0 atom stereocenters. The minimum Gasteiger partial charge on any atom is -0.475 e. The van der Waals surface area contributed by atoms with E-state index in [9.17, 15) is 31.1 Å². The number of halogens is 6. The Balaban J connectivity index is 0.000000367. The maximum absolute atomic E-state index is 12.1. The first-order chi connectivity index (χ1) is 19.6. The van der Waals surface area contributed by atoms with Crippen LogP contribution in [0.5, 0.6) is 0 Å². The van der Waals surface area contributed by atoms with Crippen molar-refractivity contribution in [2.24, 2.45) is 0 Å². The van der Waals surface area contributed by atoms with Gasteiger partial charge in [0.15, 0.2) is 0 Å². The Hall–Kier alpha value is -4.27. The molecule has 1 aliphatic rings. The first kappa shape index (κ1) is 33.9. The first-order valence-electron chi connectivity index (χ1n) is 12.5. The molecule has 1 fully saturated rings. The highest BCUT2D eigenvalue weighted by Crippen LogP contribution is 2.24. The number of aromatic amines is 1. The van der Waals surface area contributed by atoms with Crippen molar-refractivity contribution in [1.29, 1.82) is 0 Å². The SMILES string of the molecule is CN(Cc1ccc(-c2nc(-c3cccnc3)cc(=O)[nH]2)cc1)C1CCCCC1.O=C(O)C(F)(F)F.O=C(O)C(F)(F)F. The fourth-order valence-corrected chi connectivity index (χ4v) is 3.96. The van der Waals surface area contributed by atoms with Crippen LogP contribution in [0, 0.1) is 0 Å². The molecule has 228 valence electrons. The minimum absolute atomic E-state index is 0.162. The van der Waals surface area contributed by atoms with Gasteiger partial charge in [-0.05, 0) is 37.6 Å². The van der Waals surface area contributed by atoms with Gasteiger partial charge in [-0.3, -0.25) is 14.7 Å². The van der Waals surface area contributed by atoms with Crippen LogP contribution in [0.25, 0.3) is 22.6 Å². The Labute approximate surface area is 235 Å². The molecule has 0 spiro atoms. The van der Waals surface area contributed by atoms with Gasteiger partial charge in [0.2, 0.25) is 0 Å². The molecule has 0 amide bonds. The fourth-order valence-electron chi connectivity index (χ4n) is 3.96. The zero-order valence-corrected chi connectivity index (χ0v) is 22.2. The number of pyridine rings is 1. The first-order valence-corrected chi connectivity index (χ1v) is 12.5. The highest BCUT2D eigenvalue weighted by Gasteiger charge is 2.38. The van der Waals surface area contributed by atoms with Gasteiger partial charge in [-0.25, -0.2) is 14.6 Å². The Kier molecular flexibility index (Phi) is 12.2. The van der Waals surface area contributed by atoms with E-state index in [-0.39, 0.29) is 5.56 Å². The molecular formula is C27H28F6N4O5. The van der Waals surface area contributed by atoms with E-state index >= 15 is 0 Å². The number of carbonyl (C=O) groups is 2. The van der Waals surface area contributed by atoms with Gasteiger partial charge in [0.1, 0.15) is 5.82 Å². The number of nitrogens with zero attached hydrogens (tertiary/aromatic N) is 3. The smallest absolute Gasteiger partial charge is 0.475 e. The molecule has 1 aliphatic carbocycles. The van der Waals surface area contributed by atoms with Crippen LogP contribution in [0.1, 0.15) is 37.7 Å². The van der Waals surface area contributed by atoms with E-state index in [2.05, 4.69) is 39.0 Å². The van der Waals surface area contributed by atoms with Crippen LogP contribution < -0.4 is 5.56 Å². The van der Waals surface area contributed by atoms with Crippen molar-refractivity contribution in [2.45, 2.75) is 57.0 Å². The number of benzene rings is 1. The molecule has 15 heteroatoms. The summed E-state index contributed by atoms with van der Waals surface area (Å²) in [4.78, 5) is 44.0. The lowest BCUT2D eigenvalue weighted by atomic mass is 9.94. The van der Waals surface area contributed by atoms with Gasteiger partial charge >= 0.3 is 24.3 Å². The third kappa shape index (κ3) is 11.3. The van der Waals surface area contributed by atoms with Crippen molar-refractivity contribution in [3.63, 3.8) is 0 Å². The molecule has 3 N–H and O–H groups in total. The van der Waals surface area contributed by atoms with Crippen molar-refractivity contribution in [1.82, 2.24) is 19.9 Å². The number of carboxylic acid groups (broad SMARTS) is 2. The van der Waals surface area contributed by atoms with Crippen LogP contribution in [0.15, 0.2) is 59.7 Å². The third-order valence-electron chi connectivity index (χ3n) is 6.04. The number of alkyl halides is 6. The summed E-state index contributed by atoms with van der Waals surface area (Å²) >= 11 is 0. The van der Waals surface area contributed by atoms with Gasteiger partial charge in [0.25, 0.3) is 5.56 Å². The highest BCUT2D eigenvalue weighted by molar-refractivity contribution is 5.73. The van der Waals surface area contributed by atoms with Crippen molar-refractivity contribution < 1.29 is 46.1 Å². The van der Waals surface area contributed by atoms with E-state index in [0.717, 1.165) is 17.7 Å². The summed E-state index contributed by atoms with van der Waals surface area (Å²) in [6, 6.07) is 14.3. The standard InChI is InChI=1S/C23H26N4O.2C2HF3O2/c1-27(20-7-3-2-4-8-20)16-17-9-11-18(12-10-17)23-25-21(14-22(28)26-23)19-6-5-13-24-15-19;2*3-2(4,5)1(6)7/h5-6,9-15,20H,2-4,7-8,16H2,1H3,(H,25,26,28);2*(H,6,7). The largest absolute Gasteiger partial charge is 0.490 e. The lowest BCUT2D eigenvalue weighted by molar-refractivity contribution is -0.193. The molecule has 1 saturated carbocycles. The van der Waals surface area contributed by atoms with Crippen molar-refractivity contribution in [3.8, 4) is 22.6 Å². The number of hydrogen-bond acceptors (Lipinski definition) is 6. The van der Waals surface area contributed by atoms with Gasteiger partial charge in [-0.1, -0.05) is 43.5 Å². The molecule has 0 aliphatic heterocycles. The summed E-state index contributed by atoms with van der Waals surface area (Å²) in [5.74, 6) is -4.93. The molecule has 2 aromatic heterocycles. The molecule has 1 aromatic carbocycles. The van der Waals surface area contributed by atoms with Crippen LogP contribution in [-0.4, -0.2) is 67.4 Å². The van der Waals surface area contributed by atoms with Crippen molar-refractivity contribution >= 4 is 11.9 Å². The van der Waals surface area contributed by atoms with E-state index < -0.39 is 24.3 Å². The second kappa shape index (κ2) is 15.1. The van der Waals surface area contributed by atoms with Crippen LogP contribution in [0.3, 0.4) is 0 Å². The summed E-state index contributed by atoms with van der Waals surface area (Å²) in [6.45, 7) is 0.949. The van der Waals surface area contributed by atoms with Gasteiger partial charge in [0.05, 0.1) is 5.69 Å². The summed E-state index contributed by atoms with van der Waals surface area (Å²) in [5, 5.41) is 14.2. The monoisotopic (exact) mass is 602 g/mol. The molecule has 4 rings (SSSR count). The molecular weight excluding hydrogens is 574 g/mol. The number of aromatic nitrogens is 3. The van der Waals surface area contributed by atoms with Gasteiger partial charge in [-0.2, -0.15) is 26.3 Å². The van der Waals surface area contributed by atoms with Crippen LogP contribution >= 0.6 is 0 Å². The van der Waals surface area contributed by atoms with E-state index in [0.29, 0.717) is 17.6 Å². The van der Waals surface area contributed by atoms with E-state index in [1.807, 2.05) is 24.3 Å². The second-order valence-electron chi connectivity index (χ2n) is 9.23. The number of H-pyrrole nitrogens is 1. The van der Waals surface area contributed by atoms with E-state index in [4.69, 9.17) is 19.8 Å². The Bertz CT molecular complexity index is 1330. The quantitative estimate of drug-likeness (QED) is 0.325. The minimum atomic E-state index is -5.08. The van der Waals surface area contributed by atoms with Gasteiger partial charge < -0.3 is 15.2 Å². The van der Waals surface area contributed by atoms with Crippen LogP contribution in [-0.2, 0) is 16.1 Å². The molecule has 0 saturated heterocycles. The number of hydrogen-bond donors (Lipinski definition) is 3. The number of carboxylic acids is 2. The Morgan fingerprint density at radius 3 is 1.95 bits per heavy atom. The van der Waals surface area contributed by atoms with E-state index in [1.165, 1.54) is 43.7 Å². The van der Waals surface area contributed by atoms with Crippen molar-refractivity contribution in [2.75, 3.05) is 7.05 Å². The Morgan fingerprint density at radius 1 is 0.929 bits per heavy atom. The maximum Gasteiger partial charge on any atom is 0.490 e. The average Bonchev–Trinajstić information content (AvgIpc) is 2.94. The molecule has 2 heterocycles. The highest BCUT2D eigenvalue weighted by atomic mass is 19.4. The number of nitrogens with one attached hydrogen (secondary N) is 1. The van der Waals surface area contributed by atoms with Gasteiger partial charge in [-0.15, -0.1) is 0 Å². The summed E-state index contributed by atoms with van der Waals surface area (Å²) in [5.41, 5.74) is 3.49. The second-order valence-corrected chi connectivity index (χ2v) is 9.23. The van der Waals surface area contributed by atoms with Gasteiger partial charge in [0, 0.05) is 42.2 Å². The van der Waals surface area contributed by atoms with Crippen molar-refractivity contribution in [3.05, 3.63) is 70.8 Å². The topological polar surface area (TPSA) is 136 Å². The number of rotatable bonds is 5. The normalized spacial score (nSPS) is 13.8. The lowest BCUT2D eigenvalue weighted by Gasteiger charge is -2.31. The molecule has 42 heavy (non-hydrogen) atoms. The molecule has 0 bridgehead atoms. The Morgan fingerprint density at radius 2 is 1.48 bits per heavy atom. The predicted molar refractivity (Wildman–Crippen MR) is 139 cm³/mol. The average molecular weight is 603 g/mol. The summed E-state index contributed by atoms with van der Waals surface area (Å²) in [7, 11) is 2.22.